The smallest absolute Gasteiger partial charge is 0.306 e. The van der Waals surface area contributed by atoms with E-state index in [9.17, 15) is 4.79 Å². The molecule has 4 rings (SSSR count). The number of nitrogens with two attached hydrogens (primary N) is 1. The SMILES string of the molecule is N#Cc1cccc(-c2cc(/C(=C/NCc3csc(N4CCC(C(=O)O)CC4)n3)N=N)nc(N)n2)c1. The Labute approximate surface area is 205 Å². The molecule has 1 aliphatic heterocycles. The van der Waals surface area contributed by atoms with Gasteiger partial charge in [0.2, 0.25) is 5.95 Å². The maximum atomic E-state index is 11.1. The zero-order chi connectivity index (χ0) is 24.8. The van der Waals surface area contributed by atoms with Gasteiger partial charge in [0.05, 0.1) is 41.2 Å². The lowest BCUT2D eigenvalue weighted by atomic mass is 9.98. The summed E-state index contributed by atoms with van der Waals surface area (Å²) in [7, 11) is 0. The first kappa shape index (κ1) is 23.8. The molecule has 1 fully saturated rings. The number of hydrogen-bond donors (Lipinski definition) is 4. The van der Waals surface area contributed by atoms with E-state index in [1.165, 1.54) is 11.3 Å². The predicted octanol–water partition coefficient (Wildman–Crippen LogP) is 3.47. The first-order valence-electron chi connectivity index (χ1n) is 10.9. The van der Waals surface area contributed by atoms with Gasteiger partial charge in [-0.3, -0.25) is 4.79 Å². The van der Waals surface area contributed by atoms with Gasteiger partial charge in [-0.2, -0.15) is 10.4 Å². The van der Waals surface area contributed by atoms with Crippen molar-refractivity contribution < 1.29 is 9.90 Å². The standard InChI is InChI=1S/C23H23N9O2S/c24-10-14-2-1-3-16(8-14)18-9-19(30-22(25)29-18)20(31-26)12-27-11-17-13-35-23(28-17)32-6-4-15(5-7-32)21(33)34/h1-3,8-9,12-13,15,26-27H,4-7,11H2,(H,33,34)(H2,25,29,30)/b20-12-,31-26?. The summed E-state index contributed by atoms with van der Waals surface area (Å²) < 4.78 is 0. The largest absolute Gasteiger partial charge is 0.481 e. The fraction of sp³-hybridized carbons (Fsp3) is 0.261. The third-order valence-electron chi connectivity index (χ3n) is 5.59. The van der Waals surface area contributed by atoms with Crippen molar-refractivity contribution in [2.75, 3.05) is 23.7 Å². The second-order valence-electron chi connectivity index (χ2n) is 7.93. The van der Waals surface area contributed by atoms with Gasteiger partial charge in [-0.1, -0.05) is 12.1 Å². The van der Waals surface area contributed by atoms with Crippen molar-refractivity contribution in [2.45, 2.75) is 19.4 Å². The van der Waals surface area contributed by atoms with Crippen LogP contribution in [0.25, 0.3) is 17.0 Å². The van der Waals surface area contributed by atoms with Gasteiger partial charge in [0.15, 0.2) is 5.13 Å². The lowest BCUT2D eigenvalue weighted by molar-refractivity contribution is -0.142. The van der Waals surface area contributed by atoms with Crippen LogP contribution in [0.15, 0.2) is 47.0 Å². The number of nitrogens with zero attached hydrogens (tertiary/aromatic N) is 6. The average molecular weight is 490 g/mol. The highest BCUT2D eigenvalue weighted by Crippen LogP contribution is 2.27. The monoisotopic (exact) mass is 489 g/mol. The molecule has 35 heavy (non-hydrogen) atoms. The summed E-state index contributed by atoms with van der Waals surface area (Å²) in [5, 5.41) is 27.8. The van der Waals surface area contributed by atoms with Crippen LogP contribution in [-0.2, 0) is 11.3 Å². The number of nitrogens with one attached hydrogen (secondary N) is 2. The molecule has 0 bridgehead atoms. The second kappa shape index (κ2) is 10.7. The summed E-state index contributed by atoms with van der Waals surface area (Å²) in [6, 6.07) is 10.7. The highest BCUT2D eigenvalue weighted by molar-refractivity contribution is 7.13. The Hall–Kier alpha value is -4.37. The van der Waals surface area contributed by atoms with Crippen molar-refractivity contribution in [3.8, 4) is 17.3 Å². The molecule has 3 aromatic rings. The molecule has 0 aliphatic carbocycles. The van der Waals surface area contributed by atoms with E-state index in [4.69, 9.17) is 21.6 Å². The molecule has 11 nitrogen and oxygen atoms in total. The summed E-state index contributed by atoms with van der Waals surface area (Å²) in [6.45, 7) is 1.76. The molecule has 0 amide bonds. The van der Waals surface area contributed by atoms with Crippen LogP contribution in [0.3, 0.4) is 0 Å². The number of carbonyl (C=O) groups is 1. The molecule has 1 saturated heterocycles. The number of carboxylic acid groups (broad SMARTS) is 1. The number of piperidine rings is 1. The van der Waals surface area contributed by atoms with Crippen LogP contribution in [0.2, 0.25) is 0 Å². The molecule has 0 saturated carbocycles. The molecule has 1 aliphatic rings. The minimum absolute atomic E-state index is 0.0326. The highest BCUT2D eigenvalue weighted by Gasteiger charge is 2.25. The molecular weight excluding hydrogens is 466 g/mol. The number of nitriles is 1. The van der Waals surface area contributed by atoms with Crippen molar-refractivity contribution in [2.24, 2.45) is 11.0 Å². The molecular formula is C23H23N9O2S. The van der Waals surface area contributed by atoms with Gasteiger partial charge in [-0.15, -0.1) is 11.3 Å². The molecule has 0 atom stereocenters. The Morgan fingerprint density at radius 2 is 2.14 bits per heavy atom. The summed E-state index contributed by atoms with van der Waals surface area (Å²) in [4.78, 5) is 26.3. The van der Waals surface area contributed by atoms with E-state index in [1.807, 2.05) is 11.4 Å². The van der Waals surface area contributed by atoms with Crippen LogP contribution in [-0.4, -0.2) is 39.1 Å². The van der Waals surface area contributed by atoms with Gasteiger partial charge in [-0.05, 0) is 31.0 Å². The molecule has 1 aromatic carbocycles. The number of nitrogen functional groups attached to an aromatic ring is 1. The van der Waals surface area contributed by atoms with Crippen LogP contribution in [0.1, 0.15) is 29.8 Å². The Bertz CT molecular complexity index is 1310. The van der Waals surface area contributed by atoms with Gasteiger partial charge in [0.1, 0.15) is 5.70 Å². The zero-order valence-electron chi connectivity index (χ0n) is 18.7. The Balaban J connectivity index is 1.43. The van der Waals surface area contributed by atoms with Crippen molar-refractivity contribution in [1.29, 1.82) is 10.8 Å². The van der Waals surface area contributed by atoms with Gasteiger partial charge in [-0.25, -0.2) is 20.5 Å². The van der Waals surface area contributed by atoms with Crippen molar-refractivity contribution >= 4 is 34.1 Å². The topological polar surface area (TPSA) is 177 Å². The summed E-state index contributed by atoms with van der Waals surface area (Å²) in [5.41, 5.74) is 16.7. The molecule has 12 heteroatoms. The predicted molar refractivity (Wildman–Crippen MR) is 131 cm³/mol. The van der Waals surface area contributed by atoms with E-state index in [0.717, 1.165) is 10.8 Å². The fourth-order valence-corrected chi connectivity index (χ4v) is 4.63. The normalized spacial score (nSPS) is 14.4. The minimum atomic E-state index is -0.732. The fourth-order valence-electron chi connectivity index (χ4n) is 3.75. The number of aromatic nitrogens is 3. The maximum absolute atomic E-state index is 11.1. The maximum Gasteiger partial charge on any atom is 0.306 e. The third kappa shape index (κ3) is 5.77. The number of anilines is 2. The van der Waals surface area contributed by atoms with E-state index < -0.39 is 5.97 Å². The molecule has 3 heterocycles. The molecule has 0 spiro atoms. The number of hydrogen-bond acceptors (Lipinski definition) is 11. The number of thiazole rings is 1. The molecule has 5 N–H and O–H groups in total. The third-order valence-corrected chi connectivity index (χ3v) is 6.54. The van der Waals surface area contributed by atoms with Gasteiger partial charge >= 0.3 is 5.97 Å². The number of aliphatic carboxylic acids is 1. The van der Waals surface area contributed by atoms with E-state index in [1.54, 1.807) is 30.5 Å². The van der Waals surface area contributed by atoms with Crippen LogP contribution in [0.4, 0.5) is 11.1 Å². The Kier molecular flexibility index (Phi) is 7.27. The lowest BCUT2D eigenvalue weighted by Gasteiger charge is -2.29. The zero-order valence-corrected chi connectivity index (χ0v) is 19.5. The second-order valence-corrected chi connectivity index (χ2v) is 8.77. The quantitative estimate of drug-likeness (QED) is 0.345. The average Bonchev–Trinajstić information content (AvgIpc) is 3.35. The van der Waals surface area contributed by atoms with Crippen LogP contribution >= 0.6 is 11.3 Å². The highest BCUT2D eigenvalue weighted by atomic mass is 32.1. The van der Waals surface area contributed by atoms with Gasteiger partial charge < -0.3 is 21.1 Å². The molecule has 0 unspecified atom stereocenters. The number of carboxylic acids is 1. The Morgan fingerprint density at radius 1 is 1.34 bits per heavy atom. The van der Waals surface area contributed by atoms with E-state index >= 15 is 0 Å². The number of rotatable bonds is 8. The van der Waals surface area contributed by atoms with Crippen molar-refractivity contribution in [3.05, 3.63) is 58.9 Å². The van der Waals surface area contributed by atoms with E-state index in [2.05, 4.69) is 36.4 Å². The first-order chi connectivity index (χ1) is 17.0. The molecule has 0 radical (unpaired) electrons. The van der Waals surface area contributed by atoms with E-state index in [0.29, 0.717) is 55.0 Å². The van der Waals surface area contributed by atoms with Crippen LogP contribution < -0.4 is 16.0 Å². The minimum Gasteiger partial charge on any atom is -0.481 e. The van der Waals surface area contributed by atoms with Crippen LogP contribution in [0, 0.1) is 22.8 Å². The summed E-state index contributed by atoms with van der Waals surface area (Å²) in [6.07, 6.45) is 2.80. The van der Waals surface area contributed by atoms with Gasteiger partial charge in [0.25, 0.3) is 0 Å². The summed E-state index contributed by atoms with van der Waals surface area (Å²) >= 11 is 1.52. The first-order valence-corrected chi connectivity index (χ1v) is 11.7. The van der Waals surface area contributed by atoms with Crippen LogP contribution in [0.5, 0.6) is 0 Å². The van der Waals surface area contributed by atoms with Crippen molar-refractivity contribution in [1.82, 2.24) is 20.3 Å². The summed E-state index contributed by atoms with van der Waals surface area (Å²) in [5.74, 6) is -0.981. The number of benzene rings is 1. The Morgan fingerprint density at radius 3 is 2.86 bits per heavy atom. The van der Waals surface area contributed by atoms with E-state index in [-0.39, 0.29) is 17.6 Å². The lowest BCUT2D eigenvalue weighted by Crippen LogP contribution is -2.36. The van der Waals surface area contributed by atoms with Crippen molar-refractivity contribution in [3.63, 3.8) is 0 Å². The molecule has 178 valence electrons. The molecule has 2 aromatic heterocycles. The van der Waals surface area contributed by atoms with Gasteiger partial charge in [0, 0.05) is 30.2 Å².